The lowest BCUT2D eigenvalue weighted by Crippen LogP contribution is -2.38. The van der Waals surface area contributed by atoms with Gasteiger partial charge in [0, 0.05) is 11.3 Å². The molecule has 0 atom stereocenters. The van der Waals surface area contributed by atoms with Gasteiger partial charge in [0.15, 0.2) is 6.61 Å². The Bertz CT molecular complexity index is 1060. The van der Waals surface area contributed by atoms with Crippen molar-refractivity contribution >= 4 is 23.2 Å². The van der Waals surface area contributed by atoms with Gasteiger partial charge in [-0.05, 0) is 54.4 Å². The molecule has 0 bridgehead atoms. The number of carbonyl (C=O) groups is 2. The molecule has 6 heteroatoms. The van der Waals surface area contributed by atoms with E-state index >= 15 is 0 Å². The zero-order valence-corrected chi connectivity index (χ0v) is 17.3. The quantitative estimate of drug-likeness (QED) is 0.609. The van der Waals surface area contributed by atoms with Crippen molar-refractivity contribution in [1.82, 2.24) is 0 Å². The smallest absolute Gasteiger partial charge is 0.265 e. The molecule has 0 fully saturated rings. The molecule has 0 aromatic heterocycles. The molecule has 3 aromatic carbocycles. The summed E-state index contributed by atoms with van der Waals surface area (Å²) in [4.78, 5) is 26.8. The molecule has 1 aliphatic heterocycles. The molecule has 0 unspecified atom stereocenters. The monoisotopic (exact) mass is 416 g/mol. The maximum Gasteiger partial charge on any atom is 0.265 e. The Morgan fingerprint density at radius 1 is 1.06 bits per heavy atom. The number of ether oxygens (including phenoxy) is 2. The molecule has 0 aliphatic carbocycles. The second kappa shape index (κ2) is 9.34. The van der Waals surface area contributed by atoms with E-state index in [9.17, 15) is 9.59 Å². The number of nitrogens with zero attached hydrogens (tertiary/aromatic N) is 1. The highest BCUT2D eigenvalue weighted by Crippen LogP contribution is 2.34. The van der Waals surface area contributed by atoms with Crippen molar-refractivity contribution in [2.24, 2.45) is 0 Å². The van der Waals surface area contributed by atoms with Crippen molar-refractivity contribution in [3.05, 3.63) is 83.9 Å². The predicted octanol–water partition coefficient (Wildman–Crippen LogP) is 4.65. The Kier molecular flexibility index (Phi) is 6.17. The summed E-state index contributed by atoms with van der Waals surface area (Å²) in [5.74, 6) is 0.927. The van der Waals surface area contributed by atoms with Crippen LogP contribution in [0.5, 0.6) is 11.5 Å². The Morgan fingerprint density at radius 2 is 1.84 bits per heavy atom. The fraction of sp³-hybridized carbons (Fsp3) is 0.200. The fourth-order valence-electron chi connectivity index (χ4n) is 3.34. The lowest BCUT2D eigenvalue weighted by molar-refractivity contribution is -0.121. The summed E-state index contributed by atoms with van der Waals surface area (Å²) in [7, 11) is 0. The minimum Gasteiger partial charge on any atom is -0.494 e. The molecule has 1 heterocycles. The lowest BCUT2D eigenvalue weighted by Gasteiger charge is -2.29. The van der Waals surface area contributed by atoms with Crippen LogP contribution in [0, 0.1) is 0 Å². The van der Waals surface area contributed by atoms with Gasteiger partial charge in [0.1, 0.15) is 11.5 Å². The number of nitrogens with one attached hydrogen (secondary N) is 1. The van der Waals surface area contributed by atoms with Crippen LogP contribution in [0.1, 0.15) is 29.3 Å². The summed E-state index contributed by atoms with van der Waals surface area (Å²) < 4.78 is 11.2. The number of carbonyl (C=O) groups excluding carboxylic acids is 2. The first-order valence-corrected chi connectivity index (χ1v) is 10.3. The van der Waals surface area contributed by atoms with Crippen LogP contribution in [0.2, 0.25) is 0 Å². The summed E-state index contributed by atoms with van der Waals surface area (Å²) in [6, 6.07) is 22.2. The third kappa shape index (κ3) is 4.86. The third-order valence-corrected chi connectivity index (χ3v) is 4.93. The van der Waals surface area contributed by atoms with Gasteiger partial charge < -0.3 is 19.7 Å². The number of benzene rings is 3. The molecule has 158 valence electrons. The van der Waals surface area contributed by atoms with Gasteiger partial charge in [-0.15, -0.1) is 0 Å². The second-order valence-electron chi connectivity index (χ2n) is 7.26. The third-order valence-electron chi connectivity index (χ3n) is 4.93. The van der Waals surface area contributed by atoms with Gasteiger partial charge in [-0.2, -0.15) is 0 Å². The minimum absolute atomic E-state index is 0.0515. The molecule has 0 saturated carbocycles. The molecule has 6 nitrogen and oxygen atoms in total. The van der Waals surface area contributed by atoms with Gasteiger partial charge in [0.2, 0.25) is 0 Å². The number of hydrogen-bond donors (Lipinski definition) is 1. The van der Waals surface area contributed by atoms with Crippen LogP contribution in [0.4, 0.5) is 11.4 Å². The van der Waals surface area contributed by atoms with Gasteiger partial charge in [-0.3, -0.25) is 9.59 Å². The van der Waals surface area contributed by atoms with Crippen molar-refractivity contribution in [1.29, 1.82) is 0 Å². The number of anilines is 2. The molecular formula is C25H24N2O4. The van der Waals surface area contributed by atoms with Crippen molar-refractivity contribution in [2.45, 2.75) is 19.9 Å². The summed E-state index contributed by atoms with van der Waals surface area (Å²) in [5.41, 5.74) is 2.82. The van der Waals surface area contributed by atoms with E-state index in [-0.39, 0.29) is 18.4 Å². The van der Waals surface area contributed by atoms with Gasteiger partial charge in [0.05, 0.1) is 18.8 Å². The molecule has 1 N–H and O–H groups in total. The summed E-state index contributed by atoms with van der Waals surface area (Å²) >= 11 is 0. The van der Waals surface area contributed by atoms with E-state index in [1.165, 1.54) is 0 Å². The Labute approximate surface area is 181 Å². The van der Waals surface area contributed by atoms with E-state index < -0.39 is 0 Å². The molecule has 3 aromatic rings. The molecule has 0 spiro atoms. The number of rotatable bonds is 7. The van der Waals surface area contributed by atoms with Gasteiger partial charge in [-0.25, -0.2) is 0 Å². The highest BCUT2D eigenvalue weighted by Gasteiger charge is 2.26. The zero-order chi connectivity index (χ0) is 21.6. The molecule has 0 radical (unpaired) electrons. The normalized spacial score (nSPS) is 12.7. The van der Waals surface area contributed by atoms with Crippen molar-refractivity contribution in [2.75, 3.05) is 23.4 Å². The fourth-order valence-corrected chi connectivity index (χ4v) is 3.34. The van der Waals surface area contributed by atoms with E-state index in [1.54, 1.807) is 35.2 Å². The average Bonchev–Trinajstić information content (AvgIpc) is 2.81. The van der Waals surface area contributed by atoms with E-state index in [0.29, 0.717) is 35.8 Å². The van der Waals surface area contributed by atoms with Crippen LogP contribution in [-0.2, 0) is 11.3 Å². The maximum absolute atomic E-state index is 12.7. The molecule has 1 aliphatic rings. The number of amides is 2. The molecule has 0 saturated heterocycles. The lowest BCUT2D eigenvalue weighted by atomic mass is 10.1. The first-order chi connectivity index (χ1) is 15.1. The predicted molar refractivity (Wildman–Crippen MR) is 120 cm³/mol. The van der Waals surface area contributed by atoms with Crippen LogP contribution in [0.15, 0.2) is 72.8 Å². The Balaban J connectivity index is 1.48. The molecule has 2 amide bonds. The average molecular weight is 416 g/mol. The first-order valence-electron chi connectivity index (χ1n) is 10.3. The topological polar surface area (TPSA) is 67.9 Å². The minimum atomic E-state index is -0.250. The van der Waals surface area contributed by atoms with E-state index in [1.807, 2.05) is 49.4 Å². The van der Waals surface area contributed by atoms with E-state index in [0.717, 1.165) is 17.7 Å². The van der Waals surface area contributed by atoms with Gasteiger partial charge in [0.25, 0.3) is 11.8 Å². The van der Waals surface area contributed by atoms with E-state index in [2.05, 4.69) is 5.32 Å². The molecule has 4 rings (SSSR count). The Hall–Kier alpha value is -3.80. The largest absolute Gasteiger partial charge is 0.494 e. The summed E-state index contributed by atoms with van der Waals surface area (Å²) in [6.07, 6.45) is 0.938. The van der Waals surface area contributed by atoms with Crippen LogP contribution in [0.25, 0.3) is 0 Å². The molecular weight excluding hydrogens is 392 g/mol. The van der Waals surface area contributed by atoms with Crippen molar-refractivity contribution in [3.63, 3.8) is 0 Å². The number of fused-ring (bicyclic) bond motifs is 1. The highest BCUT2D eigenvalue weighted by atomic mass is 16.5. The summed E-state index contributed by atoms with van der Waals surface area (Å²) in [5, 5.41) is 2.88. The Morgan fingerprint density at radius 3 is 2.58 bits per heavy atom. The van der Waals surface area contributed by atoms with Crippen LogP contribution in [0.3, 0.4) is 0 Å². The van der Waals surface area contributed by atoms with Crippen LogP contribution in [-0.4, -0.2) is 25.0 Å². The van der Waals surface area contributed by atoms with Gasteiger partial charge >= 0.3 is 0 Å². The molecule has 31 heavy (non-hydrogen) atoms. The van der Waals surface area contributed by atoms with E-state index in [4.69, 9.17) is 9.47 Å². The van der Waals surface area contributed by atoms with Gasteiger partial charge in [-0.1, -0.05) is 37.3 Å². The standard InChI is InChI=1S/C25H24N2O4/c1-2-14-30-21-11-9-20(10-12-21)26-25(29)19-8-13-22-23(15-19)31-17-24(28)27(22)16-18-6-4-3-5-7-18/h3-13,15H,2,14,16-17H2,1H3,(H,26,29). The maximum atomic E-state index is 12.7. The van der Waals surface area contributed by atoms with Crippen molar-refractivity contribution in [3.8, 4) is 11.5 Å². The van der Waals surface area contributed by atoms with Crippen LogP contribution >= 0.6 is 0 Å². The first kappa shape index (κ1) is 20.5. The summed E-state index contributed by atoms with van der Waals surface area (Å²) in [6.45, 7) is 3.11. The zero-order valence-electron chi connectivity index (χ0n) is 17.3. The van der Waals surface area contributed by atoms with Crippen LogP contribution < -0.4 is 19.7 Å². The SMILES string of the molecule is CCCOc1ccc(NC(=O)c2ccc3c(c2)OCC(=O)N3Cc2ccccc2)cc1. The highest BCUT2D eigenvalue weighted by molar-refractivity contribution is 6.06. The number of hydrogen-bond acceptors (Lipinski definition) is 4. The second-order valence-corrected chi connectivity index (χ2v) is 7.26. The van der Waals surface area contributed by atoms with Crippen molar-refractivity contribution < 1.29 is 19.1 Å².